The van der Waals surface area contributed by atoms with Crippen LogP contribution in [0.15, 0.2) is 72.8 Å². The Morgan fingerprint density at radius 2 is 1.69 bits per heavy atom. The van der Waals surface area contributed by atoms with Crippen molar-refractivity contribution in [1.29, 1.82) is 0 Å². The van der Waals surface area contributed by atoms with Crippen molar-refractivity contribution in [1.82, 2.24) is 9.97 Å². The molecule has 0 radical (unpaired) electrons. The number of amides is 1. The van der Waals surface area contributed by atoms with Crippen molar-refractivity contribution >= 4 is 34.0 Å². The van der Waals surface area contributed by atoms with Gasteiger partial charge in [0.2, 0.25) is 5.82 Å². The molecule has 0 saturated heterocycles. The second kappa shape index (κ2) is 7.98. The lowest BCUT2D eigenvalue weighted by molar-refractivity contribution is 0.101. The van der Waals surface area contributed by atoms with Crippen LogP contribution in [0.3, 0.4) is 0 Å². The molecule has 4 rings (SSSR count). The van der Waals surface area contributed by atoms with Crippen LogP contribution in [0, 0.1) is 6.92 Å². The number of fused-ring (bicyclic) bond motifs is 1. The molecule has 144 valence electrons. The smallest absolute Gasteiger partial charge is 0.293 e. The maximum absolute atomic E-state index is 12.9. The van der Waals surface area contributed by atoms with E-state index < -0.39 is 5.91 Å². The van der Waals surface area contributed by atoms with Crippen LogP contribution < -0.4 is 15.4 Å². The van der Waals surface area contributed by atoms with E-state index in [1.165, 1.54) is 0 Å². The van der Waals surface area contributed by atoms with Crippen LogP contribution in [0.4, 0.5) is 17.2 Å². The average Bonchev–Trinajstić information content (AvgIpc) is 2.74. The maximum atomic E-state index is 12.9. The Morgan fingerprint density at radius 3 is 2.48 bits per heavy atom. The molecule has 1 aromatic heterocycles. The Morgan fingerprint density at radius 1 is 0.931 bits per heavy atom. The van der Waals surface area contributed by atoms with E-state index in [-0.39, 0.29) is 5.82 Å². The van der Waals surface area contributed by atoms with Crippen molar-refractivity contribution in [3.63, 3.8) is 0 Å². The molecule has 4 aromatic rings. The molecule has 0 unspecified atom stereocenters. The Hall–Kier alpha value is -3.93. The Balaban J connectivity index is 1.72. The number of benzene rings is 3. The SMILES string of the molecule is COc1ccc(C)cc1NC(=O)c1nc(Nc2ccccc2)c2ccccc2n1. The van der Waals surface area contributed by atoms with Crippen LogP contribution in [0.2, 0.25) is 0 Å². The van der Waals surface area contributed by atoms with Crippen molar-refractivity contribution in [2.75, 3.05) is 17.7 Å². The number of carbonyl (C=O) groups excluding carboxylic acids is 1. The lowest BCUT2D eigenvalue weighted by atomic mass is 10.2. The summed E-state index contributed by atoms with van der Waals surface area (Å²) >= 11 is 0. The predicted octanol–water partition coefficient (Wildman–Crippen LogP) is 4.94. The molecule has 3 aromatic carbocycles. The van der Waals surface area contributed by atoms with Gasteiger partial charge in [0.1, 0.15) is 11.6 Å². The average molecular weight is 384 g/mol. The third kappa shape index (κ3) is 4.01. The quantitative estimate of drug-likeness (QED) is 0.509. The molecule has 2 N–H and O–H groups in total. The van der Waals surface area contributed by atoms with Gasteiger partial charge in [-0.25, -0.2) is 9.97 Å². The van der Waals surface area contributed by atoms with E-state index >= 15 is 0 Å². The third-order valence-corrected chi connectivity index (χ3v) is 4.45. The number of carbonyl (C=O) groups is 1. The van der Waals surface area contributed by atoms with Crippen LogP contribution in [-0.2, 0) is 0 Å². The molecule has 1 amide bonds. The zero-order valence-corrected chi connectivity index (χ0v) is 16.1. The number of methoxy groups -OCH3 is 1. The number of aromatic nitrogens is 2. The summed E-state index contributed by atoms with van der Waals surface area (Å²) in [5.74, 6) is 0.817. The molecule has 29 heavy (non-hydrogen) atoms. The number of hydrogen-bond donors (Lipinski definition) is 2. The topological polar surface area (TPSA) is 76.1 Å². The summed E-state index contributed by atoms with van der Waals surface area (Å²) in [6.45, 7) is 1.95. The summed E-state index contributed by atoms with van der Waals surface area (Å²) in [6.07, 6.45) is 0. The van der Waals surface area contributed by atoms with Crippen molar-refractivity contribution in [3.8, 4) is 5.75 Å². The van der Waals surface area contributed by atoms with Crippen LogP contribution >= 0.6 is 0 Å². The highest BCUT2D eigenvalue weighted by molar-refractivity contribution is 6.04. The van der Waals surface area contributed by atoms with Gasteiger partial charge in [-0.15, -0.1) is 0 Å². The molecule has 0 aliphatic carbocycles. The van der Waals surface area contributed by atoms with E-state index in [1.807, 2.05) is 79.7 Å². The standard InChI is InChI=1S/C23H20N4O2/c1-15-12-13-20(29-2)19(14-15)26-23(28)22-25-18-11-7-6-10-17(18)21(27-22)24-16-8-4-3-5-9-16/h3-14H,1-2H3,(H,26,28)(H,24,25,27). The van der Waals surface area contributed by atoms with Gasteiger partial charge >= 0.3 is 0 Å². The van der Waals surface area contributed by atoms with Gasteiger partial charge in [0.05, 0.1) is 18.3 Å². The molecular weight excluding hydrogens is 364 g/mol. The highest BCUT2D eigenvalue weighted by atomic mass is 16.5. The van der Waals surface area contributed by atoms with Crippen LogP contribution in [-0.4, -0.2) is 23.0 Å². The summed E-state index contributed by atoms with van der Waals surface area (Å²) in [5, 5.41) is 6.97. The summed E-state index contributed by atoms with van der Waals surface area (Å²) in [4.78, 5) is 21.9. The summed E-state index contributed by atoms with van der Waals surface area (Å²) in [6, 6.07) is 22.8. The van der Waals surface area contributed by atoms with E-state index in [2.05, 4.69) is 20.6 Å². The Labute approximate surface area is 168 Å². The van der Waals surface area contributed by atoms with E-state index in [0.29, 0.717) is 22.8 Å². The van der Waals surface area contributed by atoms with Crippen LogP contribution in [0.1, 0.15) is 16.2 Å². The van der Waals surface area contributed by atoms with Gasteiger partial charge in [0.25, 0.3) is 5.91 Å². The fraction of sp³-hybridized carbons (Fsp3) is 0.0870. The third-order valence-electron chi connectivity index (χ3n) is 4.45. The first-order chi connectivity index (χ1) is 14.1. The highest BCUT2D eigenvalue weighted by Gasteiger charge is 2.16. The Bertz CT molecular complexity index is 1180. The van der Waals surface area contributed by atoms with E-state index in [0.717, 1.165) is 16.6 Å². The van der Waals surface area contributed by atoms with Gasteiger partial charge in [-0.2, -0.15) is 0 Å². The molecule has 0 saturated carbocycles. The van der Waals surface area contributed by atoms with E-state index in [1.54, 1.807) is 7.11 Å². The number of nitrogens with zero attached hydrogens (tertiary/aromatic N) is 2. The van der Waals surface area contributed by atoms with Crippen molar-refractivity contribution in [3.05, 3.63) is 84.2 Å². The minimum atomic E-state index is -0.407. The lowest BCUT2D eigenvalue weighted by Crippen LogP contribution is -2.17. The molecule has 0 fully saturated rings. The number of nitrogens with one attached hydrogen (secondary N) is 2. The first kappa shape index (κ1) is 18.4. The zero-order chi connectivity index (χ0) is 20.2. The number of aryl methyl sites for hydroxylation is 1. The molecule has 6 nitrogen and oxygen atoms in total. The van der Waals surface area contributed by atoms with Gasteiger partial charge in [-0.05, 0) is 48.9 Å². The van der Waals surface area contributed by atoms with Crippen molar-refractivity contribution < 1.29 is 9.53 Å². The molecule has 0 aliphatic heterocycles. The molecule has 1 heterocycles. The molecule has 6 heteroatoms. The first-order valence-corrected chi connectivity index (χ1v) is 9.19. The fourth-order valence-corrected chi connectivity index (χ4v) is 3.03. The molecular formula is C23H20N4O2. The van der Waals surface area contributed by atoms with Gasteiger partial charge < -0.3 is 15.4 Å². The highest BCUT2D eigenvalue weighted by Crippen LogP contribution is 2.27. The molecule has 0 spiro atoms. The first-order valence-electron chi connectivity index (χ1n) is 9.19. The second-order valence-corrected chi connectivity index (χ2v) is 6.56. The number of hydrogen-bond acceptors (Lipinski definition) is 5. The summed E-state index contributed by atoms with van der Waals surface area (Å²) in [5.41, 5.74) is 3.14. The number of anilines is 3. The predicted molar refractivity (Wildman–Crippen MR) is 115 cm³/mol. The minimum absolute atomic E-state index is 0.0747. The van der Waals surface area contributed by atoms with Gasteiger partial charge in [0.15, 0.2) is 0 Å². The molecule has 0 aliphatic rings. The largest absolute Gasteiger partial charge is 0.495 e. The van der Waals surface area contributed by atoms with E-state index in [4.69, 9.17) is 4.74 Å². The van der Waals surface area contributed by atoms with Gasteiger partial charge in [0, 0.05) is 11.1 Å². The van der Waals surface area contributed by atoms with E-state index in [9.17, 15) is 4.79 Å². The number of ether oxygens (including phenoxy) is 1. The molecule has 0 bridgehead atoms. The van der Waals surface area contributed by atoms with Gasteiger partial charge in [-0.1, -0.05) is 36.4 Å². The van der Waals surface area contributed by atoms with Crippen molar-refractivity contribution in [2.45, 2.75) is 6.92 Å². The maximum Gasteiger partial charge on any atom is 0.293 e. The van der Waals surface area contributed by atoms with Crippen molar-refractivity contribution in [2.24, 2.45) is 0 Å². The normalized spacial score (nSPS) is 10.6. The number of rotatable bonds is 5. The Kier molecular flexibility index (Phi) is 5.07. The second-order valence-electron chi connectivity index (χ2n) is 6.56. The minimum Gasteiger partial charge on any atom is -0.495 e. The molecule has 0 atom stereocenters. The monoisotopic (exact) mass is 384 g/mol. The lowest BCUT2D eigenvalue weighted by Gasteiger charge is -2.13. The van der Waals surface area contributed by atoms with Gasteiger partial charge in [-0.3, -0.25) is 4.79 Å². The zero-order valence-electron chi connectivity index (χ0n) is 16.1. The summed E-state index contributed by atoms with van der Waals surface area (Å²) in [7, 11) is 1.56. The van der Waals surface area contributed by atoms with Crippen LogP contribution in [0.25, 0.3) is 10.9 Å². The number of para-hydroxylation sites is 2. The van der Waals surface area contributed by atoms with Crippen LogP contribution in [0.5, 0.6) is 5.75 Å². The fourth-order valence-electron chi connectivity index (χ4n) is 3.03. The summed E-state index contributed by atoms with van der Waals surface area (Å²) < 4.78 is 5.34.